The second-order valence-corrected chi connectivity index (χ2v) is 1.83. The largest absolute Gasteiger partial charge is 0.463 e. The minimum absolute atomic E-state index is 0. The molecule has 0 aromatic heterocycles. The van der Waals surface area contributed by atoms with Gasteiger partial charge in [-0.05, 0) is 13.3 Å². The molecular weight excluding hydrogens is 175 g/mol. The van der Waals surface area contributed by atoms with E-state index in [-0.39, 0.29) is 36.9 Å². The van der Waals surface area contributed by atoms with Gasteiger partial charge in [0.05, 0.1) is 6.10 Å². The average molecular weight is 189 g/mol. The SMILES string of the molecule is CCC(C)OC(C)=O.Cl.Cl. The molecule has 0 rings (SSSR count). The Balaban J connectivity index is -0.000000245. The van der Waals surface area contributed by atoms with Gasteiger partial charge in [0.2, 0.25) is 0 Å². The van der Waals surface area contributed by atoms with Crippen LogP contribution in [0, 0.1) is 0 Å². The summed E-state index contributed by atoms with van der Waals surface area (Å²) in [6.45, 7) is 5.28. The van der Waals surface area contributed by atoms with Gasteiger partial charge in [-0.2, -0.15) is 0 Å². The third kappa shape index (κ3) is 10.9. The Morgan fingerprint density at radius 3 is 2.00 bits per heavy atom. The van der Waals surface area contributed by atoms with E-state index < -0.39 is 0 Å². The zero-order valence-electron chi connectivity index (χ0n) is 6.42. The Kier molecular flexibility index (Phi) is 15.0. The molecule has 0 radical (unpaired) electrons. The fourth-order valence-corrected chi connectivity index (χ4v) is 0.367. The van der Waals surface area contributed by atoms with Crippen LogP contribution in [0.25, 0.3) is 0 Å². The van der Waals surface area contributed by atoms with Crippen LogP contribution in [0.3, 0.4) is 0 Å². The third-order valence-electron chi connectivity index (χ3n) is 0.942. The van der Waals surface area contributed by atoms with Crippen molar-refractivity contribution in [2.24, 2.45) is 0 Å². The van der Waals surface area contributed by atoms with Crippen molar-refractivity contribution in [3.63, 3.8) is 0 Å². The van der Waals surface area contributed by atoms with Crippen LogP contribution >= 0.6 is 24.8 Å². The van der Waals surface area contributed by atoms with Gasteiger partial charge in [-0.15, -0.1) is 24.8 Å². The fourth-order valence-electron chi connectivity index (χ4n) is 0.367. The van der Waals surface area contributed by atoms with Crippen molar-refractivity contribution in [3.8, 4) is 0 Å². The van der Waals surface area contributed by atoms with E-state index in [0.29, 0.717) is 0 Å². The molecule has 0 amide bonds. The molecule has 0 heterocycles. The van der Waals surface area contributed by atoms with Crippen molar-refractivity contribution in [3.05, 3.63) is 0 Å². The van der Waals surface area contributed by atoms with Crippen LogP contribution in [0.2, 0.25) is 0 Å². The van der Waals surface area contributed by atoms with Gasteiger partial charge in [-0.3, -0.25) is 4.79 Å². The molecule has 0 aliphatic heterocycles. The second kappa shape index (κ2) is 9.05. The molecule has 1 unspecified atom stereocenters. The zero-order valence-corrected chi connectivity index (χ0v) is 8.05. The average Bonchev–Trinajstić information content (AvgIpc) is 1.65. The van der Waals surface area contributed by atoms with Gasteiger partial charge in [0.1, 0.15) is 0 Å². The Morgan fingerprint density at radius 1 is 1.50 bits per heavy atom. The number of rotatable bonds is 2. The van der Waals surface area contributed by atoms with E-state index in [1.165, 1.54) is 6.92 Å². The van der Waals surface area contributed by atoms with Crippen molar-refractivity contribution in [2.75, 3.05) is 0 Å². The number of carbonyl (C=O) groups is 1. The highest BCUT2D eigenvalue weighted by Gasteiger charge is 1.99. The highest BCUT2D eigenvalue weighted by molar-refractivity contribution is 5.85. The van der Waals surface area contributed by atoms with Crippen LogP contribution in [0.5, 0.6) is 0 Å². The zero-order chi connectivity index (χ0) is 6.57. The molecule has 2 nitrogen and oxygen atoms in total. The first-order valence-corrected chi connectivity index (χ1v) is 2.84. The van der Waals surface area contributed by atoms with Crippen molar-refractivity contribution in [1.29, 1.82) is 0 Å². The molecular formula is C6H14Cl2O2. The lowest BCUT2D eigenvalue weighted by Crippen LogP contribution is -2.09. The van der Waals surface area contributed by atoms with Crippen LogP contribution in [-0.4, -0.2) is 12.1 Å². The summed E-state index contributed by atoms with van der Waals surface area (Å²) in [6.07, 6.45) is 0.965. The predicted molar refractivity (Wildman–Crippen MR) is 46.0 cm³/mol. The Morgan fingerprint density at radius 2 is 1.90 bits per heavy atom. The van der Waals surface area contributed by atoms with Gasteiger partial charge in [0.25, 0.3) is 0 Å². The molecule has 0 bridgehead atoms. The van der Waals surface area contributed by atoms with Gasteiger partial charge in [0, 0.05) is 6.92 Å². The Bertz CT molecular complexity index is 85.8. The van der Waals surface area contributed by atoms with E-state index in [2.05, 4.69) is 0 Å². The highest BCUT2D eigenvalue weighted by atomic mass is 35.5. The summed E-state index contributed by atoms with van der Waals surface area (Å²) in [6, 6.07) is 0. The summed E-state index contributed by atoms with van der Waals surface area (Å²) in [7, 11) is 0. The Labute approximate surface area is 74.1 Å². The summed E-state index contributed by atoms with van der Waals surface area (Å²) in [4.78, 5) is 10.2. The fraction of sp³-hybridized carbons (Fsp3) is 0.833. The first-order chi connectivity index (χ1) is 3.66. The van der Waals surface area contributed by atoms with Crippen LogP contribution in [-0.2, 0) is 9.53 Å². The smallest absolute Gasteiger partial charge is 0.302 e. The molecule has 0 spiro atoms. The highest BCUT2D eigenvalue weighted by Crippen LogP contribution is 1.94. The molecule has 0 aliphatic carbocycles. The monoisotopic (exact) mass is 188 g/mol. The van der Waals surface area contributed by atoms with E-state index >= 15 is 0 Å². The van der Waals surface area contributed by atoms with E-state index in [1.54, 1.807) is 0 Å². The first kappa shape index (κ1) is 16.6. The molecule has 0 aromatic carbocycles. The van der Waals surface area contributed by atoms with Crippen molar-refractivity contribution >= 4 is 30.8 Å². The molecule has 1 atom stereocenters. The molecule has 0 aromatic rings. The van der Waals surface area contributed by atoms with E-state index in [0.717, 1.165) is 6.42 Å². The Hall–Kier alpha value is 0.0500. The van der Waals surface area contributed by atoms with Gasteiger partial charge < -0.3 is 4.74 Å². The third-order valence-corrected chi connectivity index (χ3v) is 0.942. The molecule has 0 saturated heterocycles. The molecule has 0 N–H and O–H groups in total. The maximum atomic E-state index is 10.2. The quantitative estimate of drug-likeness (QED) is 0.622. The summed E-state index contributed by atoms with van der Waals surface area (Å²) in [5, 5.41) is 0. The topological polar surface area (TPSA) is 26.3 Å². The first-order valence-electron chi connectivity index (χ1n) is 2.84. The standard InChI is InChI=1S/C6H12O2.2ClH/c1-4-5(2)8-6(3)7;;/h5H,4H2,1-3H3;2*1H. The van der Waals surface area contributed by atoms with Crippen LogP contribution in [0.4, 0.5) is 0 Å². The molecule has 64 valence electrons. The summed E-state index contributed by atoms with van der Waals surface area (Å²) < 4.78 is 4.76. The normalized spacial score (nSPS) is 10.3. The van der Waals surface area contributed by atoms with Gasteiger partial charge in [0.15, 0.2) is 0 Å². The lowest BCUT2D eigenvalue weighted by molar-refractivity contribution is -0.145. The van der Waals surface area contributed by atoms with Crippen LogP contribution in [0.1, 0.15) is 27.2 Å². The number of hydrogen-bond acceptors (Lipinski definition) is 2. The van der Waals surface area contributed by atoms with Crippen molar-refractivity contribution < 1.29 is 9.53 Å². The molecule has 0 aliphatic rings. The van der Waals surface area contributed by atoms with Gasteiger partial charge in [-0.25, -0.2) is 0 Å². The van der Waals surface area contributed by atoms with E-state index in [1.807, 2.05) is 13.8 Å². The lowest BCUT2D eigenvalue weighted by atomic mass is 10.3. The second-order valence-electron chi connectivity index (χ2n) is 1.83. The molecule has 0 fully saturated rings. The number of carbonyl (C=O) groups excluding carboxylic acids is 1. The summed E-state index contributed by atoms with van der Waals surface area (Å²) in [5.41, 5.74) is 0. The molecule has 4 heteroatoms. The predicted octanol–water partition coefficient (Wildman–Crippen LogP) is 2.19. The minimum atomic E-state index is -0.195. The molecule has 10 heavy (non-hydrogen) atoms. The summed E-state index contributed by atoms with van der Waals surface area (Å²) in [5.74, 6) is -0.195. The molecule has 0 saturated carbocycles. The van der Waals surface area contributed by atoms with Crippen molar-refractivity contribution in [2.45, 2.75) is 33.3 Å². The van der Waals surface area contributed by atoms with Crippen LogP contribution in [0.15, 0.2) is 0 Å². The lowest BCUT2D eigenvalue weighted by Gasteiger charge is -2.06. The number of hydrogen-bond donors (Lipinski definition) is 0. The summed E-state index contributed by atoms with van der Waals surface area (Å²) >= 11 is 0. The number of ether oxygens (including phenoxy) is 1. The van der Waals surface area contributed by atoms with E-state index in [9.17, 15) is 4.79 Å². The van der Waals surface area contributed by atoms with Gasteiger partial charge in [-0.1, -0.05) is 6.92 Å². The maximum Gasteiger partial charge on any atom is 0.302 e. The van der Waals surface area contributed by atoms with Crippen molar-refractivity contribution in [1.82, 2.24) is 0 Å². The van der Waals surface area contributed by atoms with E-state index in [4.69, 9.17) is 4.74 Å². The van der Waals surface area contributed by atoms with Gasteiger partial charge >= 0.3 is 5.97 Å². The number of esters is 1. The van der Waals surface area contributed by atoms with Crippen LogP contribution < -0.4 is 0 Å². The maximum absolute atomic E-state index is 10.2. The number of halogens is 2. The minimum Gasteiger partial charge on any atom is -0.463 e.